The van der Waals surface area contributed by atoms with E-state index in [1.54, 1.807) is 0 Å². The Morgan fingerprint density at radius 1 is 0.833 bits per heavy atom. The standard InChI is InChI=1S/C16H37NSi/c1-10-14(5)18(15(6)11-2,16(7,8)9)17(12-3)13-4/h14-15H,10-13H2,1-9H3. The van der Waals surface area contributed by atoms with Crippen molar-refractivity contribution in [2.45, 2.75) is 91.3 Å². The van der Waals surface area contributed by atoms with Crippen LogP contribution >= 0.6 is 0 Å². The van der Waals surface area contributed by atoms with Gasteiger partial charge in [0, 0.05) is 0 Å². The Balaban J connectivity index is 5.85. The minimum atomic E-state index is -1.50. The fourth-order valence-electron chi connectivity index (χ4n) is 4.43. The SMILES string of the molecule is CCC(C)[Si](C(C)CC)(N(CC)CC)C(C)(C)C. The molecule has 0 spiro atoms. The molecular formula is C16H37NSi. The van der Waals surface area contributed by atoms with E-state index in [4.69, 9.17) is 0 Å². The molecule has 0 saturated carbocycles. The van der Waals surface area contributed by atoms with Gasteiger partial charge in [-0.1, -0.05) is 75.2 Å². The van der Waals surface area contributed by atoms with Crippen LogP contribution in [0.15, 0.2) is 0 Å². The molecule has 0 amide bonds. The van der Waals surface area contributed by atoms with Gasteiger partial charge < -0.3 is 4.57 Å². The molecule has 0 aliphatic carbocycles. The molecule has 2 atom stereocenters. The van der Waals surface area contributed by atoms with Gasteiger partial charge in [0.25, 0.3) is 0 Å². The Morgan fingerprint density at radius 3 is 1.33 bits per heavy atom. The van der Waals surface area contributed by atoms with Crippen molar-refractivity contribution in [3.05, 3.63) is 0 Å². The summed E-state index contributed by atoms with van der Waals surface area (Å²) in [6.07, 6.45) is 2.65. The molecule has 0 bridgehead atoms. The second-order valence-corrected chi connectivity index (χ2v) is 12.6. The first-order valence-electron chi connectivity index (χ1n) is 7.98. The van der Waals surface area contributed by atoms with E-state index < -0.39 is 8.24 Å². The maximum Gasteiger partial charge on any atom is 0.139 e. The van der Waals surface area contributed by atoms with E-state index in [1.807, 2.05) is 0 Å². The Labute approximate surface area is 117 Å². The molecule has 0 aliphatic heterocycles. The van der Waals surface area contributed by atoms with Crippen molar-refractivity contribution in [1.29, 1.82) is 0 Å². The van der Waals surface area contributed by atoms with Crippen molar-refractivity contribution >= 4 is 8.24 Å². The molecule has 0 radical (unpaired) electrons. The van der Waals surface area contributed by atoms with Crippen LogP contribution in [0, 0.1) is 0 Å². The highest BCUT2D eigenvalue weighted by Crippen LogP contribution is 2.53. The number of hydrogen-bond acceptors (Lipinski definition) is 1. The van der Waals surface area contributed by atoms with Gasteiger partial charge in [-0.25, -0.2) is 0 Å². The van der Waals surface area contributed by atoms with Crippen LogP contribution in [0.25, 0.3) is 0 Å². The van der Waals surface area contributed by atoms with Crippen LogP contribution < -0.4 is 0 Å². The molecule has 110 valence electrons. The summed E-state index contributed by atoms with van der Waals surface area (Å²) in [4.78, 5) is 0. The molecule has 0 saturated heterocycles. The average Bonchev–Trinajstić information content (AvgIpc) is 2.32. The lowest BCUT2D eigenvalue weighted by Crippen LogP contribution is -2.64. The quantitative estimate of drug-likeness (QED) is 0.539. The normalized spacial score (nSPS) is 19.7. The molecule has 0 N–H and O–H groups in total. The summed E-state index contributed by atoms with van der Waals surface area (Å²) in [5, 5.41) is 0.448. The van der Waals surface area contributed by atoms with E-state index in [0.29, 0.717) is 5.04 Å². The highest BCUT2D eigenvalue weighted by molar-refractivity contribution is 6.82. The van der Waals surface area contributed by atoms with Gasteiger partial charge >= 0.3 is 0 Å². The van der Waals surface area contributed by atoms with E-state index in [2.05, 4.69) is 66.9 Å². The Hall–Kier alpha value is 0.177. The van der Waals surface area contributed by atoms with Gasteiger partial charge in [0.2, 0.25) is 0 Å². The van der Waals surface area contributed by atoms with Gasteiger partial charge in [-0.2, -0.15) is 0 Å². The van der Waals surface area contributed by atoms with Crippen LogP contribution in [-0.4, -0.2) is 25.9 Å². The molecule has 1 nitrogen and oxygen atoms in total. The predicted molar refractivity (Wildman–Crippen MR) is 87.8 cm³/mol. The van der Waals surface area contributed by atoms with Crippen molar-refractivity contribution in [3.8, 4) is 0 Å². The van der Waals surface area contributed by atoms with E-state index in [9.17, 15) is 0 Å². The molecule has 0 heterocycles. The van der Waals surface area contributed by atoms with Crippen LogP contribution in [0.5, 0.6) is 0 Å². The molecule has 2 heteroatoms. The number of hydrogen-bond donors (Lipinski definition) is 0. The molecule has 0 rings (SSSR count). The minimum absolute atomic E-state index is 0.448. The van der Waals surface area contributed by atoms with Crippen LogP contribution in [-0.2, 0) is 0 Å². The number of nitrogens with zero attached hydrogens (tertiary/aromatic N) is 1. The van der Waals surface area contributed by atoms with Crippen LogP contribution in [0.3, 0.4) is 0 Å². The average molecular weight is 272 g/mol. The minimum Gasteiger partial charge on any atom is -0.323 e. The largest absolute Gasteiger partial charge is 0.323 e. The maximum atomic E-state index is 2.87. The fraction of sp³-hybridized carbons (Fsp3) is 1.00. The lowest BCUT2D eigenvalue weighted by molar-refractivity contribution is 0.393. The molecule has 0 aromatic carbocycles. The third kappa shape index (κ3) is 3.01. The first kappa shape index (κ1) is 18.2. The highest BCUT2D eigenvalue weighted by Gasteiger charge is 2.54. The zero-order valence-corrected chi connectivity index (χ0v) is 15.4. The molecule has 18 heavy (non-hydrogen) atoms. The zero-order valence-electron chi connectivity index (χ0n) is 14.4. The summed E-state index contributed by atoms with van der Waals surface area (Å²) >= 11 is 0. The Kier molecular flexibility index (Phi) is 7.16. The third-order valence-electron chi connectivity index (χ3n) is 5.22. The van der Waals surface area contributed by atoms with Crippen LogP contribution in [0.4, 0.5) is 0 Å². The van der Waals surface area contributed by atoms with Crippen molar-refractivity contribution in [2.24, 2.45) is 0 Å². The van der Waals surface area contributed by atoms with E-state index >= 15 is 0 Å². The monoisotopic (exact) mass is 271 g/mol. The Bertz CT molecular complexity index is 218. The van der Waals surface area contributed by atoms with E-state index in [1.165, 1.54) is 25.9 Å². The molecule has 0 aliphatic rings. The second kappa shape index (κ2) is 7.09. The van der Waals surface area contributed by atoms with E-state index in [-0.39, 0.29) is 0 Å². The molecule has 0 aromatic rings. The smallest absolute Gasteiger partial charge is 0.139 e. The highest BCUT2D eigenvalue weighted by atomic mass is 28.3. The maximum absolute atomic E-state index is 2.87. The number of rotatable bonds is 7. The van der Waals surface area contributed by atoms with E-state index in [0.717, 1.165) is 11.1 Å². The fourth-order valence-corrected chi connectivity index (χ4v) is 12.8. The van der Waals surface area contributed by atoms with Crippen LogP contribution in [0.1, 0.15) is 75.2 Å². The molecular weight excluding hydrogens is 234 g/mol. The molecule has 0 aromatic heterocycles. The van der Waals surface area contributed by atoms with Gasteiger partial charge in [-0.05, 0) is 29.2 Å². The lowest BCUT2D eigenvalue weighted by atomic mass is 10.2. The summed E-state index contributed by atoms with van der Waals surface area (Å²) < 4.78 is 2.87. The molecule has 2 unspecified atom stereocenters. The summed E-state index contributed by atoms with van der Waals surface area (Å²) in [6, 6.07) is 0. The Morgan fingerprint density at radius 2 is 1.17 bits per heavy atom. The predicted octanol–water partition coefficient (Wildman–Crippen LogP) is 5.67. The lowest BCUT2D eigenvalue weighted by Gasteiger charge is -2.57. The zero-order chi connectivity index (χ0) is 14.6. The molecule has 0 fully saturated rings. The van der Waals surface area contributed by atoms with Crippen molar-refractivity contribution in [3.63, 3.8) is 0 Å². The summed E-state index contributed by atoms with van der Waals surface area (Å²) in [5.74, 6) is 0. The van der Waals surface area contributed by atoms with Gasteiger partial charge in [-0.3, -0.25) is 0 Å². The van der Waals surface area contributed by atoms with Gasteiger partial charge in [0.05, 0.1) is 0 Å². The third-order valence-corrected chi connectivity index (χ3v) is 13.1. The summed E-state index contributed by atoms with van der Waals surface area (Å²) in [7, 11) is -1.50. The van der Waals surface area contributed by atoms with Gasteiger partial charge in [-0.15, -0.1) is 0 Å². The van der Waals surface area contributed by atoms with Gasteiger partial charge in [0.1, 0.15) is 8.24 Å². The first-order chi connectivity index (χ1) is 8.23. The topological polar surface area (TPSA) is 3.24 Å². The first-order valence-corrected chi connectivity index (χ1v) is 10.1. The van der Waals surface area contributed by atoms with Crippen molar-refractivity contribution < 1.29 is 0 Å². The summed E-state index contributed by atoms with van der Waals surface area (Å²) in [5.41, 5.74) is 1.74. The van der Waals surface area contributed by atoms with Crippen molar-refractivity contribution in [2.75, 3.05) is 13.1 Å². The second-order valence-electron chi connectivity index (χ2n) is 6.87. The van der Waals surface area contributed by atoms with Gasteiger partial charge in [0.15, 0.2) is 0 Å². The van der Waals surface area contributed by atoms with Crippen molar-refractivity contribution in [1.82, 2.24) is 4.57 Å². The van der Waals surface area contributed by atoms with Crippen LogP contribution in [0.2, 0.25) is 16.1 Å². The summed E-state index contributed by atoms with van der Waals surface area (Å²) in [6.45, 7) is 24.4.